The van der Waals surface area contributed by atoms with Crippen molar-refractivity contribution in [3.63, 3.8) is 0 Å². The smallest absolute Gasteiger partial charge is 0.220 e. The Balaban J connectivity index is 1.54. The maximum atomic E-state index is 11.8. The Kier molecular flexibility index (Phi) is 4.79. The summed E-state index contributed by atoms with van der Waals surface area (Å²) >= 11 is 0. The topological polar surface area (TPSA) is 68.3 Å². The van der Waals surface area contributed by atoms with E-state index in [0.717, 1.165) is 17.1 Å². The van der Waals surface area contributed by atoms with E-state index in [1.165, 1.54) is 11.1 Å². The van der Waals surface area contributed by atoms with Gasteiger partial charge in [-0.3, -0.25) is 4.79 Å². The van der Waals surface area contributed by atoms with Crippen molar-refractivity contribution in [2.45, 2.75) is 33.2 Å². The van der Waals surface area contributed by atoms with Crippen LogP contribution in [0.15, 0.2) is 51.6 Å². The molecule has 1 N–H and O–H groups in total. The van der Waals surface area contributed by atoms with Crippen molar-refractivity contribution < 1.29 is 13.6 Å². The lowest BCUT2D eigenvalue weighted by molar-refractivity contribution is -0.121. The van der Waals surface area contributed by atoms with E-state index >= 15 is 0 Å². The summed E-state index contributed by atoms with van der Waals surface area (Å²) in [4.78, 5) is 16.1. The molecule has 0 fully saturated rings. The van der Waals surface area contributed by atoms with E-state index in [9.17, 15) is 4.79 Å². The monoisotopic (exact) mass is 324 g/mol. The molecule has 0 bridgehead atoms. The third-order valence-corrected chi connectivity index (χ3v) is 3.95. The second-order valence-electron chi connectivity index (χ2n) is 5.77. The van der Waals surface area contributed by atoms with E-state index in [-0.39, 0.29) is 5.91 Å². The highest BCUT2D eigenvalue weighted by Gasteiger charge is 2.10. The molecule has 0 aliphatic heterocycles. The van der Waals surface area contributed by atoms with Gasteiger partial charge in [-0.15, -0.1) is 0 Å². The third kappa shape index (κ3) is 3.93. The standard InChI is InChI=1S/C19H20N2O3/c1-13-5-6-15(10-14(13)2)17-12-21-19(24-17)8-7-18(22)20-11-16-4-3-9-23-16/h3-6,9-10,12H,7-8,11H2,1-2H3,(H,20,22). The van der Waals surface area contributed by atoms with Crippen molar-refractivity contribution in [2.75, 3.05) is 0 Å². The van der Waals surface area contributed by atoms with Crippen LogP contribution in [0.1, 0.15) is 29.2 Å². The number of hydrogen-bond acceptors (Lipinski definition) is 4. The zero-order valence-electron chi connectivity index (χ0n) is 13.8. The molecule has 0 aliphatic carbocycles. The largest absolute Gasteiger partial charge is 0.467 e. The van der Waals surface area contributed by atoms with Gasteiger partial charge >= 0.3 is 0 Å². The molecule has 1 amide bonds. The summed E-state index contributed by atoms with van der Waals surface area (Å²) in [6, 6.07) is 9.78. The molecular formula is C19H20N2O3. The highest BCUT2D eigenvalue weighted by molar-refractivity contribution is 5.75. The molecule has 124 valence electrons. The highest BCUT2D eigenvalue weighted by Crippen LogP contribution is 2.23. The van der Waals surface area contributed by atoms with Gasteiger partial charge in [0.05, 0.1) is 19.0 Å². The fourth-order valence-corrected chi connectivity index (χ4v) is 2.36. The number of carbonyl (C=O) groups excluding carboxylic acids is 1. The van der Waals surface area contributed by atoms with Crippen LogP contribution in [0.5, 0.6) is 0 Å². The van der Waals surface area contributed by atoms with Gasteiger partial charge in [-0.05, 0) is 43.2 Å². The number of oxazole rings is 1. The minimum absolute atomic E-state index is 0.0580. The van der Waals surface area contributed by atoms with Crippen LogP contribution < -0.4 is 5.32 Å². The number of hydrogen-bond donors (Lipinski definition) is 1. The molecule has 0 radical (unpaired) electrons. The van der Waals surface area contributed by atoms with Crippen molar-refractivity contribution in [1.82, 2.24) is 10.3 Å². The maximum absolute atomic E-state index is 11.8. The minimum atomic E-state index is -0.0580. The molecule has 3 rings (SSSR count). The zero-order chi connectivity index (χ0) is 16.9. The first-order valence-corrected chi connectivity index (χ1v) is 7.93. The number of amides is 1. The van der Waals surface area contributed by atoms with Crippen molar-refractivity contribution in [3.05, 3.63) is 65.6 Å². The fraction of sp³-hybridized carbons (Fsp3) is 0.263. The van der Waals surface area contributed by atoms with Crippen LogP contribution in [-0.4, -0.2) is 10.9 Å². The van der Waals surface area contributed by atoms with Crippen LogP contribution >= 0.6 is 0 Å². The van der Waals surface area contributed by atoms with Crippen LogP contribution in [0.3, 0.4) is 0 Å². The average molecular weight is 324 g/mol. The number of carbonyl (C=O) groups is 1. The van der Waals surface area contributed by atoms with Crippen molar-refractivity contribution in [1.29, 1.82) is 0 Å². The summed E-state index contributed by atoms with van der Waals surface area (Å²) < 4.78 is 10.9. The lowest BCUT2D eigenvalue weighted by atomic mass is 10.1. The van der Waals surface area contributed by atoms with Gasteiger partial charge in [-0.25, -0.2) is 4.98 Å². The molecule has 1 aromatic carbocycles. The van der Waals surface area contributed by atoms with Crippen LogP contribution in [0, 0.1) is 13.8 Å². The quantitative estimate of drug-likeness (QED) is 0.749. The molecule has 3 aromatic rings. The second-order valence-corrected chi connectivity index (χ2v) is 5.77. The number of furan rings is 1. The molecule has 0 spiro atoms. The number of benzene rings is 1. The second kappa shape index (κ2) is 7.17. The van der Waals surface area contributed by atoms with E-state index in [1.54, 1.807) is 18.5 Å². The lowest BCUT2D eigenvalue weighted by Gasteiger charge is -2.02. The Morgan fingerprint density at radius 2 is 2.08 bits per heavy atom. The summed E-state index contributed by atoms with van der Waals surface area (Å²) in [6.45, 7) is 4.54. The van der Waals surface area contributed by atoms with Crippen molar-refractivity contribution in [2.24, 2.45) is 0 Å². The average Bonchev–Trinajstić information content (AvgIpc) is 3.25. The van der Waals surface area contributed by atoms with Crippen molar-refractivity contribution >= 4 is 5.91 Å². The minimum Gasteiger partial charge on any atom is -0.467 e. The highest BCUT2D eigenvalue weighted by atomic mass is 16.4. The first-order chi connectivity index (χ1) is 11.6. The van der Waals surface area contributed by atoms with Crippen LogP contribution in [0.2, 0.25) is 0 Å². The van der Waals surface area contributed by atoms with Gasteiger partial charge in [-0.2, -0.15) is 0 Å². The lowest BCUT2D eigenvalue weighted by Crippen LogP contribution is -2.22. The Hall–Kier alpha value is -2.82. The summed E-state index contributed by atoms with van der Waals surface area (Å²) in [5, 5.41) is 2.81. The molecule has 5 heteroatoms. The van der Waals surface area contributed by atoms with Gasteiger partial charge in [-0.1, -0.05) is 12.1 Å². The molecule has 2 heterocycles. The Morgan fingerprint density at radius 3 is 2.83 bits per heavy atom. The molecule has 0 saturated carbocycles. The number of nitrogens with zero attached hydrogens (tertiary/aromatic N) is 1. The van der Waals surface area contributed by atoms with Gasteiger partial charge < -0.3 is 14.2 Å². The Labute approximate surface area is 140 Å². The summed E-state index contributed by atoms with van der Waals surface area (Å²) in [5.41, 5.74) is 3.45. The van der Waals surface area contributed by atoms with E-state index in [1.807, 2.05) is 12.1 Å². The number of rotatable bonds is 6. The maximum Gasteiger partial charge on any atom is 0.220 e. The molecule has 5 nitrogen and oxygen atoms in total. The molecule has 2 aromatic heterocycles. The van der Waals surface area contributed by atoms with E-state index < -0.39 is 0 Å². The number of aryl methyl sites for hydroxylation is 3. The summed E-state index contributed by atoms with van der Waals surface area (Å²) in [7, 11) is 0. The third-order valence-electron chi connectivity index (χ3n) is 3.95. The molecular weight excluding hydrogens is 304 g/mol. The van der Waals surface area contributed by atoms with Crippen LogP contribution in [-0.2, 0) is 17.8 Å². The predicted octanol–water partition coefficient (Wildman–Crippen LogP) is 3.80. The van der Waals surface area contributed by atoms with Gasteiger partial charge in [0.2, 0.25) is 5.91 Å². The van der Waals surface area contributed by atoms with Gasteiger partial charge in [0.15, 0.2) is 11.7 Å². The Bertz CT molecular complexity index is 819. The van der Waals surface area contributed by atoms with Crippen LogP contribution in [0.4, 0.5) is 0 Å². The molecule has 0 atom stereocenters. The van der Waals surface area contributed by atoms with E-state index in [0.29, 0.717) is 25.3 Å². The SMILES string of the molecule is Cc1ccc(-c2cnc(CCC(=O)NCc3ccco3)o2)cc1C. The van der Waals surface area contributed by atoms with Gasteiger partial charge in [0, 0.05) is 18.4 Å². The normalized spacial score (nSPS) is 10.8. The predicted molar refractivity (Wildman–Crippen MR) is 90.3 cm³/mol. The van der Waals surface area contributed by atoms with E-state index in [4.69, 9.17) is 8.83 Å². The van der Waals surface area contributed by atoms with Crippen molar-refractivity contribution in [3.8, 4) is 11.3 Å². The molecule has 0 saturated heterocycles. The summed E-state index contributed by atoms with van der Waals surface area (Å²) in [5.74, 6) is 1.97. The first-order valence-electron chi connectivity index (χ1n) is 7.93. The van der Waals surface area contributed by atoms with Crippen LogP contribution in [0.25, 0.3) is 11.3 Å². The molecule has 24 heavy (non-hydrogen) atoms. The van der Waals surface area contributed by atoms with E-state index in [2.05, 4.69) is 36.3 Å². The number of nitrogens with one attached hydrogen (secondary N) is 1. The fourth-order valence-electron chi connectivity index (χ4n) is 2.36. The molecule has 0 unspecified atom stereocenters. The first kappa shape index (κ1) is 16.1. The Morgan fingerprint density at radius 1 is 1.21 bits per heavy atom. The summed E-state index contributed by atoms with van der Waals surface area (Å²) in [6.07, 6.45) is 4.09. The number of aromatic nitrogens is 1. The van der Waals surface area contributed by atoms with Gasteiger partial charge in [0.25, 0.3) is 0 Å². The van der Waals surface area contributed by atoms with Gasteiger partial charge in [0.1, 0.15) is 5.76 Å². The molecule has 0 aliphatic rings. The zero-order valence-corrected chi connectivity index (χ0v) is 13.8.